The van der Waals surface area contributed by atoms with E-state index in [1.54, 1.807) is 14.0 Å². The molecule has 0 spiro atoms. The zero-order valence-electron chi connectivity index (χ0n) is 21.5. The van der Waals surface area contributed by atoms with E-state index in [2.05, 4.69) is 21.5 Å². The van der Waals surface area contributed by atoms with Crippen molar-refractivity contribution in [1.82, 2.24) is 21.5 Å². The average molecular weight is 555 g/mol. The van der Waals surface area contributed by atoms with Gasteiger partial charge in [0.25, 0.3) is 0 Å². The second-order valence-electron chi connectivity index (χ2n) is 7.86. The summed E-state index contributed by atoms with van der Waals surface area (Å²) in [6, 6.07) is -1.76. The van der Waals surface area contributed by atoms with Crippen molar-refractivity contribution in [3.63, 3.8) is 0 Å². The first-order valence-electron chi connectivity index (χ1n) is 11.1. The maximum atomic E-state index is 11.5. The number of amides is 2. The van der Waals surface area contributed by atoms with Crippen molar-refractivity contribution in [2.24, 2.45) is 22.9 Å². The fourth-order valence-corrected chi connectivity index (χ4v) is 2.77. The number of hydrogen-bond donors (Lipinski definition) is 10. The van der Waals surface area contributed by atoms with Gasteiger partial charge in [0, 0.05) is 31.7 Å². The zero-order valence-corrected chi connectivity index (χ0v) is 22.3. The first-order valence-corrected chi connectivity index (χ1v) is 12.2. The normalized spacial score (nSPS) is 11.9. The lowest BCUT2D eigenvalue weighted by atomic mass is 10.1. The highest BCUT2D eigenvalue weighted by molar-refractivity contribution is 7.99. The molecule has 14 N–H and O–H groups in total. The number of rotatable bonds is 17. The Morgan fingerprint density at radius 1 is 1.08 bits per heavy atom. The molecule has 2 unspecified atom stereocenters. The predicted octanol–water partition coefficient (Wildman–Crippen LogP) is -3.59. The van der Waals surface area contributed by atoms with Gasteiger partial charge in [-0.1, -0.05) is 0 Å². The molecule has 0 aliphatic carbocycles. The molecule has 0 aliphatic rings. The van der Waals surface area contributed by atoms with Crippen molar-refractivity contribution in [2.45, 2.75) is 57.3 Å². The van der Waals surface area contributed by atoms with Crippen LogP contribution in [0, 0.1) is 0 Å². The Kier molecular flexibility index (Phi) is 24.9. The molecule has 2 amide bonds. The largest absolute Gasteiger partial charge is 0.480 e. The SMILES string of the molecule is CC(=O)CCSCC(=O)NC(C=O)CC(C)(N)N.CNCN.NC(CCC(=O)NNCC(=O)O)C(=O)O. The summed E-state index contributed by atoms with van der Waals surface area (Å²) in [5.74, 6) is -2.16. The molecule has 0 bridgehead atoms. The zero-order chi connectivity index (χ0) is 29.4. The topological polar surface area (TPSA) is 295 Å². The molecule has 0 radical (unpaired) electrons. The Bertz CT molecular complexity index is 704. The van der Waals surface area contributed by atoms with Gasteiger partial charge in [0.2, 0.25) is 11.8 Å². The van der Waals surface area contributed by atoms with E-state index >= 15 is 0 Å². The van der Waals surface area contributed by atoms with Gasteiger partial charge in [-0.2, -0.15) is 11.8 Å². The minimum absolute atomic E-state index is 0.00405. The van der Waals surface area contributed by atoms with Crippen LogP contribution in [0.5, 0.6) is 0 Å². The summed E-state index contributed by atoms with van der Waals surface area (Å²) in [5, 5.41) is 21.8. The molecule has 216 valence electrons. The number of nitrogens with two attached hydrogens (primary N) is 4. The van der Waals surface area contributed by atoms with Crippen LogP contribution in [0.3, 0.4) is 0 Å². The van der Waals surface area contributed by atoms with Crippen LogP contribution in [0.25, 0.3) is 0 Å². The van der Waals surface area contributed by atoms with Gasteiger partial charge < -0.3 is 48.6 Å². The van der Waals surface area contributed by atoms with Crippen LogP contribution in [0.2, 0.25) is 0 Å². The number of nitrogens with one attached hydrogen (secondary N) is 4. The van der Waals surface area contributed by atoms with E-state index in [9.17, 15) is 28.8 Å². The summed E-state index contributed by atoms with van der Waals surface area (Å²) in [4.78, 5) is 64.2. The van der Waals surface area contributed by atoms with E-state index in [4.69, 9.17) is 33.1 Å². The van der Waals surface area contributed by atoms with Gasteiger partial charge in [-0.15, -0.1) is 0 Å². The Hall–Kier alpha value is -2.67. The number of carboxylic acids is 2. The molecule has 0 saturated heterocycles. The molecule has 0 aromatic heterocycles. The minimum Gasteiger partial charge on any atom is -0.480 e. The van der Waals surface area contributed by atoms with Gasteiger partial charge >= 0.3 is 11.9 Å². The van der Waals surface area contributed by atoms with Crippen LogP contribution >= 0.6 is 11.8 Å². The average Bonchev–Trinajstić information content (AvgIpc) is 2.79. The van der Waals surface area contributed by atoms with Crippen LogP contribution in [-0.4, -0.2) is 95.5 Å². The molecule has 16 nitrogen and oxygen atoms in total. The number of aliphatic carboxylic acids is 2. The lowest BCUT2D eigenvalue weighted by Gasteiger charge is -2.22. The van der Waals surface area contributed by atoms with Gasteiger partial charge in [-0.25, -0.2) is 5.43 Å². The number of carbonyl (C=O) groups is 6. The molecule has 0 heterocycles. The standard InChI is InChI=1S/C11H21N3O3S.C7H13N3O5.C2H8N2/c1-8(16)3-4-18-7-10(17)14-9(6-15)5-11(2,12)13;8-4(7(14)15)1-2-5(11)10-9-3-6(12)13;1-4-2-3/h6,9H,3-5,7,12-13H2,1-2H3,(H,14,17);4,9H,1-3,8H2,(H,10,11)(H,12,13)(H,14,15);4H,2-3H2,1H3. The third kappa shape index (κ3) is 33.3. The van der Waals surface area contributed by atoms with Gasteiger partial charge in [0.05, 0.1) is 17.5 Å². The number of carboxylic acid groups (broad SMARTS) is 2. The van der Waals surface area contributed by atoms with E-state index in [0.717, 1.165) is 0 Å². The number of carbonyl (C=O) groups excluding carboxylic acids is 4. The van der Waals surface area contributed by atoms with Gasteiger partial charge in [-0.3, -0.25) is 29.4 Å². The number of ketones is 1. The van der Waals surface area contributed by atoms with Crippen LogP contribution in [0.15, 0.2) is 0 Å². The highest BCUT2D eigenvalue weighted by Crippen LogP contribution is 2.04. The number of thioether (sulfide) groups is 1. The lowest BCUT2D eigenvalue weighted by Crippen LogP contribution is -2.52. The molecular weight excluding hydrogens is 512 g/mol. The summed E-state index contributed by atoms with van der Waals surface area (Å²) < 4.78 is 0. The smallest absolute Gasteiger partial charge is 0.320 e. The number of aldehydes is 1. The summed E-state index contributed by atoms with van der Waals surface area (Å²) >= 11 is 1.35. The minimum atomic E-state index is -1.18. The monoisotopic (exact) mass is 554 g/mol. The molecule has 0 saturated carbocycles. The maximum absolute atomic E-state index is 11.5. The van der Waals surface area contributed by atoms with Crippen molar-refractivity contribution < 1.29 is 39.0 Å². The molecule has 0 fully saturated rings. The highest BCUT2D eigenvalue weighted by atomic mass is 32.2. The van der Waals surface area contributed by atoms with Crippen LogP contribution in [-0.2, 0) is 28.8 Å². The third-order valence-corrected chi connectivity index (χ3v) is 4.63. The summed E-state index contributed by atoms with van der Waals surface area (Å²) in [5.41, 5.74) is 24.4. The van der Waals surface area contributed by atoms with Gasteiger partial charge in [-0.05, 0) is 27.3 Å². The first kappa shape index (κ1) is 38.9. The fraction of sp³-hybridized carbons (Fsp3) is 0.700. The Balaban J connectivity index is -0.000000551. The summed E-state index contributed by atoms with van der Waals surface area (Å²) in [6.45, 7) is 3.25. The lowest BCUT2D eigenvalue weighted by molar-refractivity contribution is -0.139. The molecule has 0 aliphatic heterocycles. The van der Waals surface area contributed by atoms with E-state index in [0.29, 0.717) is 25.1 Å². The second-order valence-corrected chi connectivity index (χ2v) is 8.97. The van der Waals surface area contributed by atoms with Crippen molar-refractivity contribution >= 4 is 47.6 Å². The van der Waals surface area contributed by atoms with E-state index in [1.807, 2.05) is 0 Å². The molecular formula is C20H42N8O8S. The van der Waals surface area contributed by atoms with Crippen molar-refractivity contribution in [1.29, 1.82) is 0 Å². The Labute approximate surface area is 220 Å². The molecule has 37 heavy (non-hydrogen) atoms. The van der Waals surface area contributed by atoms with Crippen molar-refractivity contribution in [2.75, 3.05) is 31.8 Å². The summed E-state index contributed by atoms with van der Waals surface area (Å²) in [7, 11) is 1.81. The van der Waals surface area contributed by atoms with Gasteiger partial charge in [0.15, 0.2) is 0 Å². The number of hydrazine groups is 1. The molecule has 0 rings (SSSR count). The Morgan fingerprint density at radius 3 is 2.05 bits per heavy atom. The van der Waals surface area contributed by atoms with Crippen LogP contribution in [0.1, 0.15) is 39.5 Å². The second kappa shape index (κ2) is 23.7. The molecule has 17 heteroatoms. The van der Waals surface area contributed by atoms with E-state index < -0.39 is 42.1 Å². The Morgan fingerprint density at radius 2 is 1.65 bits per heavy atom. The quantitative estimate of drug-likeness (QED) is 0.0359. The van der Waals surface area contributed by atoms with Crippen molar-refractivity contribution in [3.8, 4) is 0 Å². The highest BCUT2D eigenvalue weighted by Gasteiger charge is 2.20. The first-order chi connectivity index (χ1) is 17.1. The molecule has 0 aromatic carbocycles. The van der Waals surface area contributed by atoms with Crippen molar-refractivity contribution in [3.05, 3.63) is 0 Å². The predicted molar refractivity (Wildman–Crippen MR) is 139 cm³/mol. The van der Waals surface area contributed by atoms with Crippen LogP contribution < -0.4 is 44.4 Å². The maximum Gasteiger partial charge on any atom is 0.320 e. The van der Waals surface area contributed by atoms with E-state index in [-0.39, 0.29) is 36.7 Å². The number of Topliss-reactive ketones (excluding diaryl/α,β-unsaturated/α-hetero) is 1. The van der Waals surface area contributed by atoms with Crippen LogP contribution in [0.4, 0.5) is 0 Å². The molecule has 0 aromatic rings. The van der Waals surface area contributed by atoms with E-state index in [1.165, 1.54) is 18.7 Å². The number of hydrogen-bond acceptors (Lipinski definition) is 13. The van der Waals surface area contributed by atoms with Gasteiger partial charge in [0.1, 0.15) is 24.7 Å². The summed E-state index contributed by atoms with van der Waals surface area (Å²) in [6.07, 6.45) is 1.16. The molecule has 2 atom stereocenters. The third-order valence-electron chi connectivity index (χ3n) is 3.67. The fourth-order valence-electron chi connectivity index (χ4n) is 1.93.